The molecule has 1 rings (SSSR count). The molecular formula is C17H34N2O2. The zero-order valence-corrected chi connectivity index (χ0v) is 14.7. The minimum Gasteiger partial charge on any atom is -0.468 e. The van der Waals surface area contributed by atoms with Gasteiger partial charge >= 0.3 is 5.97 Å². The number of carbonyl (C=O) groups is 1. The van der Waals surface area contributed by atoms with Crippen molar-refractivity contribution < 1.29 is 9.53 Å². The van der Waals surface area contributed by atoms with E-state index >= 15 is 0 Å². The van der Waals surface area contributed by atoms with Gasteiger partial charge < -0.3 is 9.64 Å². The zero-order chi connectivity index (χ0) is 16.0. The second kappa shape index (κ2) is 8.14. The minimum atomic E-state index is -0.531. The molecule has 1 fully saturated rings. The van der Waals surface area contributed by atoms with Crippen LogP contribution in [0.4, 0.5) is 0 Å². The number of nitrogens with zero attached hydrogens (tertiary/aromatic N) is 1. The van der Waals surface area contributed by atoms with Crippen molar-refractivity contribution in [3.63, 3.8) is 0 Å². The molecule has 0 aliphatic heterocycles. The Morgan fingerprint density at radius 2 is 1.95 bits per heavy atom. The van der Waals surface area contributed by atoms with E-state index in [4.69, 9.17) is 4.74 Å². The second-order valence-corrected chi connectivity index (χ2v) is 7.33. The number of hydrogen-bond acceptors (Lipinski definition) is 4. The SMILES string of the molecule is COC(=O)C(C)(CCCN(CC(C)C)C(C)C)NC1CC1. The smallest absolute Gasteiger partial charge is 0.325 e. The first-order valence-electron chi connectivity index (χ1n) is 8.38. The molecule has 0 saturated heterocycles. The van der Waals surface area contributed by atoms with Gasteiger partial charge in [-0.05, 0) is 58.9 Å². The lowest BCUT2D eigenvalue weighted by atomic mass is 9.95. The lowest BCUT2D eigenvalue weighted by Crippen LogP contribution is -2.51. The molecule has 1 aliphatic carbocycles. The number of nitrogens with one attached hydrogen (secondary N) is 1. The molecule has 0 aromatic heterocycles. The molecule has 4 nitrogen and oxygen atoms in total. The van der Waals surface area contributed by atoms with Gasteiger partial charge in [0.15, 0.2) is 0 Å². The van der Waals surface area contributed by atoms with Gasteiger partial charge in [0.1, 0.15) is 5.54 Å². The third-order valence-corrected chi connectivity index (χ3v) is 4.19. The first kappa shape index (κ1) is 18.4. The Labute approximate surface area is 130 Å². The average Bonchev–Trinajstić information content (AvgIpc) is 3.19. The van der Waals surface area contributed by atoms with Crippen molar-refractivity contribution in [1.29, 1.82) is 0 Å². The van der Waals surface area contributed by atoms with Crippen molar-refractivity contribution in [1.82, 2.24) is 10.2 Å². The fraction of sp³-hybridized carbons (Fsp3) is 0.941. The van der Waals surface area contributed by atoms with E-state index in [1.54, 1.807) is 0 Å². The molecular weight excluding hydrogens is 264 g/mol. The molecule has 1 saturated carbocycles. The van der Waals surface area contributed by atoms with Crippen molar-refractivity contribution >= 4 is 5.97 Å². The summed E-state index contributed by atoms with van der Waals surface area (Å²) in [5, 5.41) is 3.47. The third-order valence-electron chi connectivity index (χ3n) is 4.19. The molecule has 1 atom stereocenters. The summed E-state index contributed by atoms with van der Waals surface area (Å²) in [5.41, 5.74) is -0.531. The van der Waals surface area contributed by atoms with E-state index in [1.807, 2.05) is 6.92 Å². The number of ether oxygens (including phenoxy) is 1. The molecule has 0 radical (unpaired) electrons. The van der Waals surface area contributed by atoms with Gasteiger partial charge in [-0.25, -0.2) is 0 Å². The second-order valence-electron chi connectivity index (χ2n) is 7.33. The Hall–Kier alpha value is -0.610. The maximum atomic E-state index is 12.1. The third kappa shape index (κ3) is 6.35. The van der Waals surface area contributed by atoms with Crippen molar-refractivity contribution in [2.45, 2.75) is 77.9 Å². The molecule has 1 unspecified atom stereocenters. The summed E-state index contributed by atoms with van der Waals surface area (Å²) in [6.45, 7) is 13.1. The van der Waals surface area contributed by atoms with Crippen LogP contribution in [0.5, 0.6) is 0 Å². The first-order valence-corrected chi connectivity index (χ1v) is 8.38. The largest absolute Gasteiger partial charge is 0.468 e. The molecule has 0 bridgehead atoms. The number of methoxy groups -OCH3 is 1. The van der Waals surface area contributed by atoms with Crippen LogP contribution < -0.4 is 5.32 Å². The van der Waals surface area contributed by atoms with Gasteiger partial charge in [0.2, 0.25) is 0 Å². The van der Waals surface area contributed by atoms with E-state index in [-0.39, 0.29) is 5.97 Å². The molecule has 1 aliphatic rings. The highest BCUT2D eigenvalue weighted by atomic mass is 16.5. The number of carbonyl (C=O) groups excluding carboxylic acids is 1. The van der Waals surface area contributed by atoms with E-state index in [0.717, 1.165) is 25.9 Å². The predicted octanol–water partition coefficient (Wildman–Crippen LogP) is 2.82. The monoisotopic (exact) mass is 298 g/mol. The van der Waals surface area contributed by atoms with Crippen LogP contribution in [-0.2, 0) is 9.53 Å². The summed E-state index contributed by atoms with van der Waals surface area (Å²) in [6.07, 6.45) is 4.20. The maximum Gasteiger partial charge on any atom is 0.325 e. The van der Waals surface area contributed by atoms with Gasteiger partial charge in [-0.15, -0.1) is 0 Å². The molecule has 0 aromatic rings. The van der Waals surface area contributed by atoms with Crippen LogP contribution in [0, 0.1) is 5.92 Å². The number of esters is 1. The Bertz CT molecular complexity index is 327. The van der Waals surface area contributed by atoms with Crippen LogP contribution in [0.2, 0.25) is 0 Å². The van der Waals surface area contributed by atoms with Gasteiger partial charge in [0.25, 0.3) is 0 Å². The van der Waals surface area contributed by atoms with Crippen LogP contribution >= 0.6 is 0 Å². The maximum absolute atomic E-state index is 12.1. The molecule has 1 N–H and O–H groups in total. The van der Waals surface area contributed by atoms with Gasteiger partial charge in [-0.1, -0.05) is 13.8 Å². The molecule has 0 heterocycles. The Kier molecular flexibility index (Phi) is 7.14. The van der Waals surface area contributed by atoms with E-state index < -0.39 is 5.54 Å². The van der Waals surface area contributed by atoms with Crippen molar-refractivity contribution in [2.24, 2.45) is 5.92 Å². The van der Waals surface area contributed by atoms with Gasteiger partial charge in [-0.2, -0.15) is 0 Å². The summed E-state index contributed by atoms with van der Waals surface area (Å²) in [6, 6.07) is 1.05. The average molecular weight is 298 g/mol. The highest BCUT2D eigenvalue weighted by molar-refractivity contribution is 5.80. The van der Waals surface area contributed by atoms with Crippen LogP contribution in [0.25, 0.3) is 0 Å². The number of hydrogen-bond donors (Lipinski definition) is 1. The quantitative estimate of drug-likeness (QED) is 0.630. The van der Waals surface area contributed by atoms with Gasteiger partial charge in [0, 0.05) is 18.6 Å². The van der Waals surface area contributed by atoms with Crippen LogP contribution in [0.15, 0.2) is 0 Å². The Morgan fingerprint density at radius 1 is 1.33 bits per heavy atom. The minimum absolute atomic E-state index is 0.130. The fourth-order valence-electron chi connectivity index (χ4n) is 2.80. The van der Waals surface area contributed by atoms with Crippen molar-refractivity contribution in [2.75, 3.05) is 20.2 Å². The summed E-state index contributed by atoms with van der Waals surface area (Å²) in [4.78, 5) is 14.6. The molecule has 21 heavy (non-hydrogen) atoms. The standard InChI is InChI=1S/C17H34N2O2/c1-13(2)12-19(14(3)4)11-7-10-17(5,16(20)21-6)18-15-8-9-15/h13-15,18H,7-12H2,1-6H3. The lowest BCUT2D eigenvalue weighted by molar-refractivity contribution is -0.148. The highest BCUT2D eigenvalue weighted by Gasteiger charge is 2.38. The number of rotatable bonds is 10. The molecule has 0 amide bonds. The molecule has 124 valence electrons. The predicted molar refractivity (Wildman–Crippen MR) is 87.4 cm³/mol. The summed E-state index contributed by atoms with van der Waals surface area (Å²) < 4.78 is 5.00. The molecule has 0 aromatic carbocycles. The van der Waals surface area contributed by atoms with Crippen LogP contribution in [0.1, 0.15) is 60.3 Å². The van der Waals surface area contributed by atoms with Crippen LogP contribution in [-0.4, -0.2) is 48.7 Å². The Morgan fingerprint density at radius 3 is 2.38 bits per heavy atom. The Balaban J connectivity index is 2.49. The van der Waals surface area contributed by atoms with Crippen LogP contribution in [0.3, 0.4) is 0 Å². The van der Waals surface area contributed by atoms with E-state index in [1.165, 1.54) is 20.0 Å². The summed E-state index contributed by atoms with van der Waals surface area (Å²) in [7, 11) is 1.48. The van der Waals surface area contributed by atoms with Crippen molar-refractivity contribution in [3.8, 4) is 0 Å². The lowest BCUT2D eigenvalue weighted by Gasteiger charge is -2.32. The molecule has 0 spiro atoms. The zero-order valence-electron chi connectivity index (χ0n) is 14.7. The summed E-state index contributed by atoms with van der Waals surface area (Å²) >= 11 is 0. The van der Waals surface area contributed by atoms with E-state index in [9.17, 15) is 4.79 Å². The van der Waals surface area contributed by atoms with Crippen molar-refractivity contribution in [3.05, 3.63) is 0 Å². The van der Waals surface area contributed by atoms with Gasteiger partial charge in [0.05, 0.1) is 7.11 Å². The van der Waals surface area contributed by atoms with E-state index in [2.05, 4.69) is 37.9 Å². The summed E-state index contributed by atoms with van der Waals surface area (Å²) in [5.74, 6) is 0.540. The molecule has 4 heteroatoms. The first-order chi connectivity index (χ1) is 9.78. The topological polar surface area (TPSA) is 41.6 Å². The fourth-order valence-corrected chi connectivity index (χ4v) is 2.80. The normalized spacial score (nSPS) is 18.3. The highest BCUT2D eigenvalue weighted by Crippen LogP contribution is 2.26. The van der Waals surface area contributed by atoms with E-state index in [0.29, 0.717) is 18.0 Å². The van der Waals surface area contributed by atoms with Gasteiger partial charge in [-0.3, -0.25) is 10.1 Å².